The van der Waals surface area contributed by atoms with Crippen molar-refractivity contribution in [2.24, 2.45) is 5.92 Å². The van der Waals surface area contributed by atoms with Gasteiger partial charge in [-0.05, 0) is 60.2 Å². The fraction of sp³-hybridized carbons (Fsp3) is 0.300. The monoisotopic (exact) mass is 682 g/mol. The number of aromatic amines is 1. The standard InChI is InChI=1S/C40H39N7O4/c48-37(26-5-7-27(8-6-26)44-39(50)17-25-11-15-51-16-12-25)19-33-29-3-1-2-4-30(29)36-22-45(24-47(33)36)28-9-10-31-32(18-28)34(46-23-41-21-35(31)46)20-38(49)40-42-13-14-43-40/h1-10,13-14,18,21-25,33-34,37-38,48-49H,11-12,15-17,19-20H2,(H-,42,43,44,50)/p+1. The second-order valence-corrected chi connectivity index (χ2v) is 13.9. The smallest absolute Gasteiger partial charge is 0.250 e. The van der Waals surface area contributed by atoms with Crippen molar-refractivity contribution in [1.29, 1.82) is 0 Å². The van der Waals surface area contributed by atoms with Crippen LogP contribution in [0.5, 0.6) is 0 Å². The molecule has 6 aromatic rings. The van der Waals surface area contributed by atoms with E-state index in [9.17, 15) is 15.0 Å². The second kappa shape index (κ2) is 13.1. The summed E-state index contributed by atoms with van der Waals surface area (Å²) in [7, 11) is 0. The number of ether oxygens (including phenoxy) is 1. The Morgan fingerprint density at radius 1 is 1.00 bits per heavy atom. The van der Waals surface area contributed by atoms with Gasteiger partial charge in [0.2, 0.25) is 12.2 Å². The van der Waals surface area contributed by atoms with E-state index >= 15 is 0 Å². The van der Waals surface area contributed by atoms with E-state index in [1.807, 2.05) is 36.8 Å². The largest absolute Gasteiger partial charge is 0.388 e. The number of fused-ring (bicyclic) bond motifs is 6. The molecule has 6 heterocycles. The molecule has 3 aromatic carbocycles. The molecule has 9 rings (SSSR count). The molecule has 1 amide bonds. The summed E-state index contributed by atoms with van der Waals surface area (Å²) in [5, 5.41) is 25.6. The van der Waals surface area contributed by atoms with Gasteiger partial charge in [0.1, 0.15) is 29.9 Å². The second-order valence-electron chi connectivity index (χ2n) is 13.9. The van der Waals surface area contributed by atoms with Crippen LogP contribution < -0.4 is 9.88 Å². The Morgan fingerprint density at radius 2 is 1.84 bits per heavy atom. The summed E-state index contributed by atoms with van der Waals surface area (Å²) in [6.07, 6.45) is 13.2. The van der Waals surface area contributed by atoms with Gasteiger partial charge in [0.25, 0.3) is 0 Å². The lowest BCUT2D eigenvalue weighted by Gasteiger charge is -2.21. The number of benzene rings is 3. The molecular formula is C40H40N7O4+. The fourth-order valence-corrected chi connectivity index (χ4v) is 8.15. The lowest BCUT2D eigenvalue weighted by atomic mass is 9.95. The maximum Gasteiger partial charge on any atom is 0.250 e. The first-order chi connectivity index (χ1) is 25.0. The number of aliphatic hydroxyl groups excluding tert-OH is 2. The van der Waals surface area contributed by atoms with Crippen LogP contribution in [0.4, 0.5) is 5.69 Å². The Hall–Kier alpha value is -5.36. The van der Waals surface area contributed by atoms with E-state index in [1.165, 1.54) is 5.56 Å². The number of nitrogens with zero attached hydrogens (tertiary/aromatic N) is 5. The average molecular weight is 683 g/mol. The third-order valence-electron chi connectivity index (χ3n) is 10.8. The summed E-state index contributed by atoms with van der Waals surface area (Å²) in [5.41, 5.74) is 9.25. The van der Waals surface area contributed by atoms with E-state index in [0.717, 1.165) is 71.1 Å². The Bertz CT molecular complexity index is 2180. The molecule has 0 radical (unpaired) electrons. The van der Waals surface area contributed by atoms with E-state index in [0.29, 0.717) is 31.0 Å². The zero-order valence-corrected chi connectivity index (χ0v) is 28.1. The molecule has 1 saturated heterocycles. The summed E-state index contributed by atoms with van der Waals surface area (Å²) >= 11 is 0. The summed E-state index contributed by atoms with van der Waals surface area (Å²) < 4.78 is 12.0. The summed E-state index contributed by atoms with van der Waals surface area (Å²) in [6.45, 7) is 1.45. The highest BCUT2D eigenvalue weighted by molar-refractivity contribution is 5.90. The van der Waals surface area contributed by atoms with Crippen LogP contribution in [0, 0.1) is 5.92 Å². The van der Waals surface area contributed by atoms with Crippen LogP contribution in [-0.2, 0) is 9.53 Å². The lowest BCUT2D eigenvalue weighted by molar-refractivity contribution is -0.699. The highest BCUT2D eigenvalue weighted by Crippen LogP contribution is 2.44. The highest BCUT2D eigenvalue weighted by atomic mass is 16.5. The van der Waals surface area contributed by atoms with Crippen LogP contribution in [-0.4, -0.2) is 53.4 Å². The molecule has 11 heteroatoms. The van der Waals surface area contributed by atoms with E-state index in [2.05, 4.69) is 89.0 Å². The van der Waals surface area contributed by atoms with E-state index in [1.54, 1.807) is 12.4 Å². The van der Waals surface area contributed by atoms with Crippen LogP contribution in [0.3, 0.4) is 0 Å². The van der Waals surface area contributed by atoms with Crippen LogP contribution in [0.1, 0.15) is 78.9 Å². The normalized spacial score (nSPS) is 18.9. The van der Waals surface area contributed by atoms with E-state index < -0.39 is 12.2 Å². The Labute approximate surface area is 295 Å². The van der Waals surface area contributed by atoms with Gasteiger partial charge in [0.15, 0.2) is 5.69 Å². The Balaban J connectivity index is 0.952. The van der Waals surface area contributed by atoms with Gasteiger partial charge in [-0.25, -0.2) is 19.1 Å². The van der Waals surface area contributed by atoms with Crippen molar-refractivity contribution < 1.29 is 24.3 Å². The molecule has 0 spiro atoms. The van der Waals surface area contributed by atoms with Crippen molar-refractivity contribution in [1.82, 2.24) is 24.1 Å². The molecule has 3 aliphatic rings. The van der Waals surface area contributed by atoms with Crippen molar-refractivity contribution in [2.45, 2.75) is 56.4 Å². The van der Waals surface area contributed by atoms with Gasteiger partial charge in [-0.2, -0.15) is 0 Å². The number of carbonyl (C=O) groups is 1. The molecule has 3 aliphatic heterocycles. The summed E-state index contributed by atoms with van der Waals surface area (Å²) in [5.74, 6) is 0.932. The fourth-order valence-electron chi connectivity index (χ4n) is 8.15. The molecule has 4 N–H and O–H groups in total. The van der Waals surface area contributed by atoms with Gasteiger partial charge in [-0.3, -0.25) is 4.79 Å². The number of anilines is 1. The molecule has 0 bridgehead atoms. The van der Waals surface area contributed by atoms with Crippen molar-refractivity contribution in [3.63, 3.8) is 0 Å². The molecule has 258 valence electrons. The van der Waals surface area contributed by atoms with Crippen LogP contribution in [0.25, 0.3) is 28.2 Å². The zero-order valence-electron chi connectivity index (χ0n) is 28.1. The maximum atomic E-state index is 12.6. The van der Waals surface area contributed by atoms with E-state index in [4.69, 9.17) is 4.74 Å². The van der Waals surface area contributed by atoms with Crippen LogP contribution >= 0.6 is 0 Å². The van der Waals surface area contributed by atoms with Crippen molar-refractivity contribution >= 4 is 11.6 Å². The molecule has 1 fully saturated rings. The Morgan fingerprint density at radius 3 is 2.67 bits per heavy atom. The minimum Gasteiger partial charge on any atom is -0.388 e. The molecule has 4 atom stereocenters. The minimum atomic E-state index is -0.749. The SMILES string of the molecule is O=C(CC1CCOCC1)Nc1ccc(C(O)CC2c3ccccc3-c3cn(-c4ccc5c(c4)C(CC(O)c4ncc[nH]4)n4cncc4-5)c[n+]32)cc1. The summed E-state index contributed by atoms with van der Waals surface area (Å²) in [4.78, 5) is 24.4. The number of carbonyl (C=O) groups excluding carboxylic acids is 1. The molecule has 11 nitrogen and oxygen atoms in total. The number of aromatic nitrogens is 6. The first-order valence-corrected chi connectivity index (χ1v) is 17.7. The van der Waals surface area contributed by atoms with Crippen molar-refractivity contribution in [2.75, 3.05) is 18.5 Å². The van der Waals surface area contributed by atoms with Gasteiger partial charge < -0.3 is 29.8 Å². The Kier molecular flexibility index (Phi) is 8.10. The first-order valence-electron chi connectivity index (χ1n) is 17.7. The third-order valence-corrected chi connectivity index (χ3v) is 10.8. The third kappa shape index (κ3) is 5.86. The molecule has 51 heavy (non-hydrogen) atoms. The van der Waals surface area contributed by atoms with Crippen LogP contribution in [0.2, 0.25) is 0 Å². The molecule has 0 saturated carbocycles. The van der Waals surface area contributed by atoms with E-state index in [-0.39, 0.29) is 18.0 Å². The minimum absolute atomic E-state index is 0.0165. The van der Waals surface area contributed by atoms with Gasteiger partial charge >= 0.3 is 0 Å². The van der Waals surface area contributed by atoms with Gasteiger partial charge in [-0.15, -0.1) is 0 Å². The number of H-pyrrole nitrogens is 1. The predicted molar refractivity (Wildman–Crippen MR) is 190 cm³/mol. The molecular weight excluding hydrogens is 642 g/mol. The molecule has 3 aromatic heterocycles. The summed E-state index contributed by atoms with van der Waals surface area (Å²) in [6, 6.07) is 22.3. The van der Waals surface area contributed by atoms with Gasteiger partial charge in [-0.1, -0.05) is 36.4 Å². The van der Waals surface area contributed by atoms with Crippen molar-refractivity contribution in [3.05, 3.63) is 127 Å². The highest BCUT2D eigenvalue weighted by Gasteiger charge is 2.37. The van der Waals surface area contributed by atoms with Crippen molar-refractivity contribution in [3.8, 4) is 28.2 Å². The maximum absolute atomic E-state index is 12.6. The topological polar surface area (TPSA) is 134 Å². The predicted octanol–water partition coefficient (Wildman–Crippen LogP) is 5.83. The number of nitrogens with one attached hydrogen (secondary N) is 2. The van der Waals surface area contributed by atoms with Gasteiger partial charge in [0.05, 0.1) is 30.4 Å². The average Bonchev–Trinajstić information content (AvgIpc) is 3.99. The number of imidazole rings is 3. The number of hydrogen-bond acceptors (Lipinski definition) is 6. The van der Waals surface area contributed by atoms with Gasteiger partial charge in [0, 0.05) is 67.2 Å². The number of rotatable bonds is 10. The number of aliphatic hydroxyl groups is 2. The molecule has 0 aliphatic carbocycles. The number of hydrogen-bond donors (Lipinski definition) is 4. The molecule has 4 unspecified atom stereocenters. The quantitative estimate of drug-likeness (QED) is 0.135. The first kappa shape index (κ1) is 31.6. The van der Waals surface area contributed by atoms with Crippen LogP contribution in [0.15, 0.2) is 104 Å². The lowest BCUT2D eigenvalue weighted by Crippen LogP contribution is -2.37. The zero-order chi connectivity index (χ0) is 34.5. The number of amides is 1.